The zero-order chi connectivity index (χ0) is 17.5. The van der Waals surface area contributed by atoms with E-state index < -0.39 is 0 Å². The van der Waals surface area contributed by atoms with E-state index in [1.165, 1.54) is 11.1 Å². The maximum Gasteiger partial charge on any atom is 0.122 e. The highest BCUT2D eigenvalue weighted by molar-refractivity contribution is 5.42. The van der Waals surface area contributed by atoms with Gasteiger partial charge >= 0.3 is 0 Å². The molecule has 1 aromatic carbocycles. The molecule has 2 unspecified atom stereocenters. The van der Waals surface area contributed by atoms with Gasteiger partial charge < -0.3 is 15.6 Å². The fraction of sp³-hybridized carbons (Fsp3) is 0.700. The molecule has 132 valence electrons. The largest absolute Gasteiger partial charge is 0.493 e. The van der Waals surface area contributed by atoms with Crippen LogP contribution in [0.2, 0.25) is 0 Å². The minimum absolute atomic E-state index is 0.112. The average molecular weight is 322 g/mol. The van der Waals surface area contributed by atoms with Crippen molar-refractivity contribution < 1.29 is 9.84 Å². The van der Waals surface area contributed by atoms with Crippen LogP contribution in [0.4, 0.5) is 0 Å². The van der Waals surface area contributed by atoms with Gasteiger partial charge in [-0.3, -0.25) is 0 Å². The van der Waals surface area contributed by atoms with Gasteiger partial charge in [-0.05, 0) is 60.3 Å². The number of ether oxygens (including phenoxy) is 1. The second-order valence-electron chi connectivity index (χ2n) is 7.48. The van der Waals surface area contributed by atoms with Crippen LogP contribution in [0, 0.1) is 5.92 Å². The Hall–Kier alpha value is -1.06. The third-order valence-electron chi connectivity index (χ3n) is 4.48. The van der Waals surface area contributed by atoms with Crippen LogP contribution in [0.15, 0.2) is 18.2 Å². The van der Waals surface area contributed by atoms with Gasteiger partial charge in [0.05, 0.1) is 6.61 Å². The normalized spacial score (nSPS) is 14.6. The van der Waals surface area contributed by atoms with Crippen molar-refractivity contribution >= 4 is 0 Å². The quantitative estimate of drug-likeness (QED) is 0.716. The molecule has 1 aromatic rings. The van der Waals surface area contributed by atoms with Gasteiger partial charge in [0, 0.05) is 6.61 Å². The van der Waals surface area contributed by atoms with E-state index >= 15 is 0 Å². The highest BCUT2D eigenvalue weighted by Crippen LogP contribution is 2.37. The Morgan fingerprint density at radius 1 is 1.22 bits per heavy atom. The monoisotopic (exact) mass is 321 g/mol. The summed E-state index contributed by atoms with van der Waals surface area (Å²) in [5.74, 6) is 1.50. The molecule has 0 saturated carbocycles. The Labute approximate surface area is 142 Å². The molecule has 3 nitrogen and oxygen atoms in total. The summed E-state index contributed by atoms with van der Waals surface area (Å²) in [4.78, 5) is 0. The van der Waals surface area contributed by atoms with E-state index in [9.17, 15) is 5.11 Å². The van der Waals surface area contributed by atoms with Gasteiger partial charge in [0.25, 0.3) is 0 Å². The van der Waals surface area contributed by atoms with E-state index in [1.54, 1.807) is 0 Å². The highest BCUT2D eigenvalue weighted by Gasteiger charge is 2.22. The number of hydrogen-bond donors (Lipinski definition) is 2. The van der Waals surface area contributed by atoms with E-state index in [0.29, 0.717) is 12.5 Å². The molecule has 3 N–H and O–H groups in total. The predicted octanol–water partition coefficient (Wildman–Crippen LogP) is 4.22. The molecule has 0 aliphatic heterocycles. The Bertz CT molecular complexity index is 461. The summed E-state index contributed by atoms with van der Waals surface area (Å²) in [5.41, 5.74) is 8.49. The molecule has 0 saturated heterocycles. The van der Waals surface area contributed by atoms with Gasteiger partial charge in [0.15, 0.2) is 0 Å². The molecule has 0 aliphatic rings. The maximum absolute atomic E-state index is 9.50. The Kier molecular flexibility index (Phi) is 8.07. The second-order valence-corrected chi connectivity index (χ2v) is 7.48. The third-order valence-corrected chi connectivity index (χ3v) is 4.48. The number of hydrogen-bond acceptors (Lipinski definition) is 3. The van der Waals surface area contributed by atoms with Crippen LogP contribution in [-0.2, 0) is 5.41 Å². The topological polar surface area (TPSA) is 55.5 Å². The van der Waals surface area contributed by atoms with Gasteiger partial charge in [-0.2, -0.15) is 0 Å². The molecule has 0 heterocycles. The Morgan fingerprint density at radius 3 is 2.39 bits per heavy atom. The molecule has 2 atom stereocenters. The van der Waals surface area contributed by atoms with Gasteiger partial charge in [0.1, 0.15) is 5.75 Å². The molecule has 0 aromatic heterocycles. The second kappa shape index (κ2) is 9.29. The van der Waals surface area contributed by atoms with Gasteiger partial charge in [-0.1, -0.05) is 46.8 Å². The van der Waals surface area contributed by atoms with E-state index in [4.69, 9.17) is 10.5 Å². The summed E-state index contributed by atoms with van der Waals surface area (Å²) < 4.78 is 5.99. The van der Waals surface area contributed by atoms with E-state index in [2.05, 4.69) is 52.8 Å². The predicted molar refractivity (Wildman–Crippen MR) is 98.2 cm³/mol. The van der Waals surface area contributed by atoms with Gasteiger partial charge in [-0.15, -0.1) is 0 Å². The first-order valence-electron chi connectivity index (χ1n) is 8.95. The highest BCUT2D eigenvalue weighted by atomic mass is 16.5. The Morgan fingerprint density at radius 2 is 1.91 bits per heavy atom. The number of aliphatic hydroxyl groups excluding tert-OH is 1. The number of aliphatic hydroxyl groups is 1. The smallest absolute Gasteiger partial charge is 0.122 e. The summed E-state index contributed by atoms with van der Waals surface area (Å²) in [5, 5.41) is 9.50. The third kappa shape index (κ3) is 5.82. The molecular formula is C20H35NO2. The first-order chi connectivity index (χ1) is 10.9. The first-order valence-corrected chi connectivity index (χ1v) is 8.95. The van der Waals surface area contributed by atoms with Crippen LogP contribution < -0.4 is 10.5 Å². The number of nitrogens with two attached hydrogens (primary N) is 1. The molecule has 0 aliphatic carbocycles. The summed E-state index contributed by atoms with van der Waals surface area (Å²) >= 11 is 0. The van der Waals surface area contributed by atoms with Crippen LogP contribution >= 0.6 is 0 Å². The molecule has 0 fully saturated rings. The van der Waals surface area contributed by atoms with E-state index in [0.717, 1.165) is 31.6 Å². The lowest BCUT2D eigenvalue weighted by Crippen LogP contribution is -2.21. The number of benzene rings is 1. The fourth-order valence-corrected chi connectivity index (χ4v) is 2.84. The van der Waals surface area contributed by atoms with Crippen molar-refractivity contribution in [2.45, 2.75) is 65.2 Å². The maximum atomic E-state index is 9.50. The van der Waals surface area contributed by atoms with Crippen molar-refractivity contribution in [3.8, 4) is 5.75 Å². The van der Waals surface area contributed by atoms with Crippen LogP contribution in [-0.4, -0.2) is 24.9 Å². The van der Waals surface area contributed by atoms with Crippen LogP contribution in [0.3, 0.4) is 0 Å². The standard InChI is InChI=1S/C20H35NO2/c1-6-10-23-19-9-8-17(20(3,4)5)12-18(19)16(7-2)11-15(13-21)14-22/h8-9,12,15-16,22H,6-7,10-11,13-14,21H2,1-5H3. The molecule has 3 heteroatoms. The first kappa shape index (κ1) is 20.0. The zero-order valence-corrected chi connectivity index (χ0v) is 15.6. The molecule has 1 rings (SSSR count). The van der Waals surface area contributed by atoms with Crippen molar-refractivity contribution in [2.75, 3.05) is 19.8 Å². The lowest BCUT2D eigenvalue weighted by molar-refractivity contribution is 0.213. The van der Waals surface area contributed by atoms with Gasteiger partial charge in [0.2, 0.25) is 0 Å². The van der Waals surface area contributed by atoms with Crippen LogP contribution in [0.1, 0.15) is 70.9 Å². The minimum Gasteiger partial charge on any atom is -0.493 e. The van der Waals surface area contributed by atoms with E-state index in [-0.39, 0.29) is 17.9 Å². The van der Waals surface area contributed by atoms with Crippen LogP contribution in [0.5, 0.6) is 5.75 Å². The number of rotatable bonds is 9. The molecule has 0 spiro atoms. The summed E-state index contributed by atoms with van der Waals surface area (Å²) in [7, 11) is 0. The Balaban J connectivity index is 3.19. The van der Waals surface area contributed by atoms with Crippen molar-refractivity contribution in [1.82, 2.24) is 0 Å². The average Bonchev–Trinajstić information content (AvgIpc) is 2.53. The molecular weight excluding hydrogens is 286 g/mol. The molecule has 0 bridgehead atoms. The van der Waals surface area contributed by atoms with Crippen LogP contribution in [0.25, 0.3) is 0 Å². The van der Waals surface area contributed by atoms with Crippen molar-refractivity contribution in [3.63, 3.8) is 0 Å². The summed E-state index contributed by atoms with van der Waals surface area (Å²) in [6.07, 6.45) is 2.92. The summed E-state index contributed by atoms with van der Waals surface area (Å²) in [6, 6.07) is 6.59. The van der Waals surface area contributed by atoms with Crippen molar-refractivity contribution in [3.05, 3.63) is 29.3 Å². The van der Waals surface area contributed by atoms with Crippen molar-refractivity contribution in [2.24, 2.45) is 11.7 Å². The lowest BCUT2D eigenvalue weighted by Gasteiger charge is -2.26. The van der Waals surface area contributed by atoms with Gasteiger partial charge in [-0.25, -0.2) is 0 Å². The fourth-order valence-electron chi connectivity index (χ4n) is 2.84. The van der Waals surface area contributed by atoms with E-state index in [1.807, 2.05) is 0 Å². The molecule has 23 heavy (non-hydrogen) atoms. The molecule has 0 radical (unpaired) electrons. The molecule has 0 amide bonds. The lowest BCUT2D eigenvalue weighted by atomic mass is 9.81. The SMILES string of the molecule is CCCOc1ccc(C(C)(C)C)cc1C(CC)CC(CN)CO. The zero-order valence-electron chi connectivity index (χ0n) is 15.6. The van der Waals surface area contributed by atoms with Crippen molar-refractivity contribution in [1.29, 1.82) is 0 Å². The summed E-state index contributed by atoms with van der Waals surface area (Å²) in [6.45, 7) is 12.4. The minimum atomic E-state index is 0.112.